The first-order valence-corrected chi connectivity index (χ1v) is 12.0. The zero-order valence-electron chi connectivity index (χ0n) is 17.6. The fraction of sp³-hybridized carbons (Fsp3) is 0.261. The number of nitrogens with zero attached hydrogens (tertiary/aromatic N) is 1. The molecule has 0 heterocycles. The van der Waals surface area contributed by atoms with Crippen molar-refractivity contribution < 1.29 is 17.9 Å². The molecule has 0 saturated carbocycles. The highest BCUT2D eigenvalue weighted by Crippen LogP contribution is 2.26. The Labute approximate surface area is 187 Å². The Morgan fingerprint density at radius 3 is 2.48 bits per heavy atom. The minimum Gasteiger partial charge on any atom is -0.492 e. The molecule has 0 radical (unpaired) electrons. The van der Waals surface area contributed by atoms with Crippen molar-refractivity contribution in [3.8, 4) is 5.75 Å². The van der Waals surface area contributed by atoms with E-state index in [1.807, 2.05) is 49.4 Å². The van der Waals surface area contributed by atoms with Crippen molar-refractivity contribution >= 4 is 44.0 Å². The third-order valence-electron chi connectivity index (χ3n) is 4.89. The molecular formula is C23H25ClN2O4S. The van der Waals surface area contributed by atoms with Crippen LogP contribution in [-0.2, 0) is 14.8 Å². The lowest BCUT2D eigenvalue weighted by Crippen LogP contribution is -2.48. The average molecular weight is 461 g/mol. The second kappa shape index (κ2) is 9.58. The standard InChI is InChI=1S/C23H25ClN2O4S/c1-16-8-10-20(15-22(16)24)26(31(3,28)29)17(2)23(27)25-12-13-30-21-11-9-18-6-4-5-7-19(18)14-21/h4-11,14-15,17H,12-13H2,1-3H3,(H,25,27)/t17-/m1/s1. The lowest BCUT2D eigenvalue weighted by atomic mass is 10.1. The van der Waals surface area contributed by atoms with Crippen LogP contribution in [0.2, 0.25) is 5.02 Å². The van der Waals surface area contributed by atoms with Gasteiger partial charge in [-0.25, -0.2) is 8.42 Å². The summed E-state index contributed by atoms with van der Waals surface area (Å²) in [4.78, 5) is 12.6. The number of hydrogen-bond donors (Lipinski definition) is 1. The number of anilines is 1. The van der Waals surface area contributed by atoms with E-state index in [1.54, 1.807) is 18.2 Å². The van der Waals surface area contributed by atoms with Gasteiger partial charge in [-0.15, -0.1) is 0 Å². The minimum absolute atomic E-state index is 0.238. The number of nitrogens with one attached hydrogen (secondary N) is 1. The van der Waals surface area contributed by atoms with E-state index in [0.29, 0.717) is 16.5 Å². The van der Waals surface area contributed by atoms with Gasteiger partial charge < -0.3 is 10.1 Å². The van der Waals surface area contributed by atoms with E-state index in [4.69, 9.17) is 16.3 Å². The maximum absolute atomic E-state index is 12.6. The number of carbonyl (C=O) groups is 1. The number of amides is 1. The SMILES string of the molecule is Cc1ccc(N([C@H](C)C(=O)NCCOc2ccc3ccccc3c2)S(C)(=O)=O)cc1Cl. The van der Waals surface area contributed by atoms with Gasteiger partial charge in [-0.2, -0.15) is 0 Å². The second-order valence-corrected chi connectivity index (χ2v) is 9.58. The van der Waals surface area contributed by atoms with Crippen molar-refractivity contribution in [3.63, 3.8) is 0 Å². The third-order valence-corrected chi connectivity index (χ3v) is 6.54. The summed E-state index contributed by atoms with van der Waals surface area (Å²) in [7, 11) is -3.70. The molecule has 0 aliphatic heterocycles. The van der Waals surface area contributed by atoms with Gasteiger partial charge >= 0.3 is 0 Å². The van der Waals surface area contributed by atoms with E-state index in [2.05, 4.69) is 5.32 Å². The van der Waals surface area contributed by atoms with Crippen LogP contribution in [0.4, 0.5) is 5.69 Å². The molecule has 31 heavy (non-hydrogen) atoms. The second-order valence-electron chi connectivity index (χ2n) is 7.32. The van der Waals surface area contributed by atoms with Crippen molar-refractivity contribution in [1.29, 1.82) is 0 Å². The highest BCUT2D eigenvalue weighted by molar-refractivity contribution is 7.92. The Bertz CT molecular complexity index is 1200. The minimum atomic E-state index is -3.70. The Kier molecular flexibility index (Phi) is 7.08. The predicted octanol–water partition coefficient (Wildman–Crippen LogP) is 4.15. The smallest absolute Gasteiger partial charge is 0.243 e. The summed E-state index contributed by atoms with van der Waals surface area (Å²) in [6.07, 6.45) is 1.06. The summed E-state index contributed by atoms with van der Waals surface area (Å²) in [5, 5.41) is 5.36. The topological polar surface area (TPSA) is 75.7 Å². The molecule has 6 nitrogen and oxygen atoms in total. The molecule has 1 atom stereocenters. The van der Waals surface area contributed by atoms with Crippen molar-refractivity contribution in [1.82, 2.24) is 5.32 Å². The number of rotatable bonds is 8. The number of carbonyl (C=O) groups excluding carboxylic acids is 1. The summed E-state index contributed by atoms with van der Waals surface area (Å²) >= 11 is 6.15. The lowest BCUT2D eigenvalue weighted by Gasteiger charge is -2.28. The Morgan fingerprint density at radius 1 is 1.10 bits per heavy atom. The van der Waals surface area contributed by atoms with Gasteiger partial charge in [-0.1, -0.05) is 48.0 Å². The Morgan fingerprint density at radius 2 is 1.81 bits per heavy atom. The maximum Gasteiger partial charge on any atom is 0.243 e. The van der Waals surface area contributed by atoms with Gasteiger partial charge in [0.2, 0.25) is 15.9 Å². The van der Waals surface area contributed by atoms with Crippen molar-refractivity contribution in [3.05, 3.63) is 71.2 Å². The molecule has 3 aromatic carbocycles. The van der Waals surface area contributed by atoms with Crippen LogP contribution in [-0.4, -0.2) is 39.8 Å². The molecule has 0 saturated heterocycles. The third kappa shape index (κ3) is 5.68. The summed E-state index contributed by atoms with van der Waals surface area (Å²) < 4.78 is 31.5. The first-order valence-electron chi connectivity index (χ1n) is 9.81. The normalized spacial score (nSPS) is 12.4. The molecule has 0 aliphatic carbocycles. The van der Waals surface area contributed by atoms with Gasteiger partial charge in [0.15, 0.2) is 0 Å². The van der Waals surface area contributed by atoms with Gasteiger partial charge in [0, 0.05) is 5.02 Å². The highest BCUT2D eigenvalue weighted by Gasteiger charge is 2.29. The molecule has 0 bridgehead atoms. The monoisotopic (exact) mass is 460 g/mol. The Balaban J connectivity index is 1.61. The Hall–Kier alpha value is -2.77. The number of halogens is 1. The molecule has 0 fully saturated rings. The molecule has 1 amide bonds. The highest BCUT2D eigenvalue weighted by atomic mass is 35.5. The molecule has 0 aromatic heterocycles. The van der Waals surface area contributed by atoms with Crippen LogP contribution in [0.5, 0.6) is 5.75 Å². The van der Waals surface area contributed by atoms with Gasteiger partial charge in [0.05, 0.1) is 18.5 Å². The molecule has 8 heteroatoms. The van der Waals surface area contributed by atoms with E-state index in [9.17, 15) is 13.2 Å². The van der Waals surface area contributed by atoms with Gasteiger partial charge in [-0.05, 0) is 54.4 Å². The first-order chi connectivity index (χ1) is 14.7. The van der Waals surface area contributed by atoms with E-state index < -0.39 is 22.0 Å². The van der Waals surface area contributed by atoms with E-state index in [1.165, 1.54) is 6.92 Å². The molecule has 0 spiro atoms. The van der Waals surface area contributed by atoms with E-state index in [-0.39, 0.29) is 13.2 Å². The first kappa shape index (κ1) is 22.9. The zero-order valence-corrected chi connectivity index (χ0v) is 19.2. The average Bonchev–Trinajstić information content (AvgIpc) is 2.72. The largest absolute Gasteiger partial charge is 0.492 e. The number of benzene rings is 3. The van der Waals surface area contributed by atoms with Crippen LogP contribution in [0.25, 0.3) is 10.8 Å². The van der Waals surface area contributed by atoms with Crippen molar-refractivity contribution in [2.45, 2.75) is 19.9 Å². The molecule has 0 aliphatic rings. The quantitative estimate of drug-likeness (QED) is 0.512. The number of hydrogen-bond acceptors (Lipinski definition) is 4. The molecule has 0 unspecified atom stereocenters. The van der Waals surface area contributed by atoms with Gasteiger partial charge in [0.1, 0.15) is 18.4 Å². The van der Waals surface area contributed by atoms with Gasteiger partial charge in [-0.3, -0.25) is 9.10 Å². The maximum atomic E-state index is 12.6. The number of ether oxygens (including phenoxy) is 1. The molecule has 3 rings (SSSR count). The predicted molar refractivity (Wildman–Crippen MR) is 125 cm³/mol. The van der Waals surface area contributed by atoms with E-state index >= 15 is 0 Å². The summed E-state index contributed by atoms with van der Waals surface area (Å²) in [5.74, 6) is 0.275. The summed E-state index contributed by atoms with van der Waals surface area (Å²) in [6.45, 7) is 3.85. The summed E-state index contributed by atoms with van der Waals surface area (Å²) in [6, 6.07) is 17.7. The number of sulfonamides is 1. The van der Waals surface area contributed by atoms with Crippen LogP contribution in [0.1, 0.15) is 12.5 Å². The van der Waals surface area contributed by atoms with Crippen molar-refractivity contribution in [2.75, 3.05) is 23.7 Å². The van der Waals surface area contributed by atoms with Gasteiger partial charge in [0.25, 0.3) is 0 Å². The lowest BCUT2D eigenvalue weighted by molar-refractivity contribution is -0.121. The van der Waals surface area contributed by atoms with Crippen LogP contribution >= 0.6 is 11.6 Å². The van der Waals surface area contributed by atoms with Crippen LogP contribution in [0.15, 0.2) is 60.7 Å². The fourth-order valence-electron chi connectivity index (χ4n) is 3.28. The fourth-order valence-corrected chi connectivity index (χ4v) is 4.62. The number of aryl methyl sites for hydroxylation is 1. The molecule has 3 aromatic rings. The molecule has 164 valence electrons. The summed E-state index contributed by atoms with van der Waals surface area (Å²) in [5.41, 5.74) is 1.16. The van der Waals surface area contributed by atoms with Crippen LogP contribution < -0.4 is 14.4 Å². The van der Waals surface area contributed by atoms with Crippen molar-refractivity contribution in [2.24, 2.45) is 0 Å². The molecular weight excluding hydrogens is 436 g/mol. The zero-order chi connectivity index (χ0) is 22.6. The van der Waals surface area contributed by atoms with Crippen LogP contribution in [0.3, 0.4) is 0 Å². The van der Waals surface area contributed by atoms with Crippen LogP contribution in [0, 0.1) is 6.92 Å². The molecule has 1 N–H and O–H groups in total. The number of fused-ring (bicyclic) bond motifs is 1. The van der Waals surface area contributed by atoms with E-state index in [0.717, 1.165) is 26.9 Å².